The van der Waals surface area contributed by atoms with E-state index in [0.29, 0.717) is 18.8 Å². The summed E-state index contributed by atoms with van der Waals surface area (Å²) in [6.45, 7) is 9.59. The minimum absolute atomic E-state index is 0.0258. The first-order valence-corrected chi connectivity index (χ1v) is 9.16. The Morgan fingerprint density at radius 1 is 1.00 bits per heavy atom. The molecule has 5 nitrogen and oxygen atoms in total. The summed E-state index contributed by atoms with van der Waals surface area (Å²) in [7, 11) is 0. The summed E-state index contributed by atoms with van der Waals surface area (Å²) in [5.41, 5.74) is 3.27. The number of benzene rings is 2. The third-order valence-electron chi connectivity index (χ3n) is 5.01. The predicted molar refractivity (Wildman–Crippen MR) is 105 cm³/mol. The number of hydrogen-bond acceptors (Lipinski definition) is 3. The molecule has 2 heterocycles. The van der Waals surface area contributed by atoms with E-state index >= 15 is 0 Å². The fraction of sp³-hybridized carbons (Fsp3) is 0.381. The van der Waals surface area contributed by atoms with Gasteiger partial charge in [-0.3, -0.25) is 0 Å². The Kier molecular flexibility index (Phi) is 4.11. The quantitative estimate of drug-likeness (QED) is 0.696. The van der Waals surface area contributed by atoms with E-state index in [-0.39, 0.29) is 11.5 Å². The summed E-state index contributed by atoms with van der Waals surface area (Å²) in [5, 5.41) is 5.49. The third kappa shape index (κ3) is 2.92. The standard InChI is InChI=1S/C21H25N3O2/c1-21(2,3)16-8-4-6-14-15-7-5-9-17(19(15)23-18(14)16)26-20(25)24-12-10-22-11-13-24/h4-9,22-23H,10-13H2,1-3H3. The molecule has 1 aliphatic rings. The van der Waals surface area contributed by atoms with Crippen LogP contribution in [0.25, 0.3) is 21.8 Å². The van der Waals surface area contributed by atoms with E-state index in [1.807, 2.05) is 12.1 Å². The number of ether oxygens (including phenoxy) is 1. The zero-order chi connectivity index (χ0) is 18.3. The number of aromatic nitrogens is 1. The highest BCUT2D eigenvalue weighted by Crippen LogP contribution is 2.36. The number of carbonyl (C=O) groups is 1. The zero-order valence-corrected chi connectivity index (χ0v) is 15.6. The normalized spacial score (nSPS) is 15.6. The SMILES string of the molecule is CC(C)(C)c1cccc2c1[nH]c1c(OC(=O)N3CCNCC3)cccc12. The Balaban J connectivity index is 1.78. The van der Waals surface area contributed by atoms with Crippen LogP contribution in [0.5, 0.6) is 5.75 Å². The first-order chi connectivity index (χ1) is 12.4. The average Bonchev–Trinajstić information content (AvgIpc) is 3.01. The van der Waals surface area contributed by atoms with Crippen molar-refractivity contribution in [3.05, 3.63) is 42.0 Å². The van der Waals surface area contributed by atoms with Crippen LogP contribution < -0.4 is 10.1 Å². The van der Waals surface area contributed by atoms with E-state index in [4.69, 9.17) is 4.74 Å². The van der Waals surface area contributed by atoms with Gasteiger partial charge >= 0.3 is 6.09 Å². The van der Waals surface area contributed by atoms with Crippen molar-refractivity contribution < 1.29 is 9.53 Å². The van der Waals surface area contributed by atoms with E-state index in [1.165, 1.54) is 5.56 Å². The number of nitrogens with one attached hydrogen (secondary N) is 2. The molecule has 0 saturated carbocycles. The van der Waals surface area contributed by atoms with Crippen LogP contribution >= 0.6 is 0 Å². The molecule has 1 aliphatic heterocycles. The Morgan fingerprint density at radius 2 is 1.65 bits per heavy atom. The molecule has 26 heavy (non-hydrogen) atoms. The van der Waals surface area contributed by atoms with Crippen molar-refractivity contribution in [3.8, 4) is 5.75 Å². The number of H-pyrrole nitrogens is 1. The minimum atomic E-state index is -0.284. The fourth-order valence-electron chi connectivity index (χ4n) is 3.64. The number of fused-ring (bicyclic) bond motifs is 3. The maximum Gasteiger partial charge on any atom is 0.415 e. The number of amides is 1. The van der Waals surface area contributed by atoms with E-state index in [9.17, 15) is 4.79 Å². The lowest BCUT2D eigenvalue weighted by Gasteiger charge is -2.26. The van der Waals surface area contributed by atoms with Gasteiger partial charge in [-0.05, 0) is 17.0 Å². The molecule has 0 bridgehead atoms. The molecule has 3 aromatic rings. The smallest absolute Gasteiger partial charge is 0.408 e. The lowest BCUT2D eigenvalue weighted by molar-refractivity contribution is 0.146. The monoisotopic (exact) mass is 351 g/mol. The van der Waals surface area contributed by atoms with Gasteiger partial charge in [0.15, 0.2) is 5.75 Å². The van der Waals surface area contributed by atoms with Crippen LogP contribution in [0.4, 0.5) is 4.79 Å². The van der Waals surface area contributed by atoms with Crippen molar-refractivity contribution >= 4 is 27.9 Å². The zero-order valence-electron chi connectivity index (χ0n) is 15.6. The van der Waals surface area contributed by atoms with Gasteiger partial charge in [0.2, 0.25) is 0 Å². The van der Waals surface area contributed by atoms with Crippen LogP contribution in [-0.4, -0.2) is 42.2 Å². The number of carbonyl (C=O) groups excluding carboxylic acids is 1. The Morgan fingerprint density at radius 3 is 2.35 bits per heavy atom. The van der Waals surface area contributed by atoms with Crippen molar-refractivity contribution in [2.24, 2.45) is 0 Å². The molecule has 136 valence electrons. The van der Waals surface area contributed by atoms with Crippen LogP contribution in [0.3, 0.4) is 0 Å². The van der Waals surface area contributed by atoms with Gasteiger partial charge in [-0.25, -0.2) is 4.79 Å². The molecule has 2 N–H and O–H groups in total. The van der Waals surface area contributed by atoms with Gasteiger partial charge in [-0.2, -0.15) is 0 Å². The Hall–Kier alpha value is -2.53. The van der Waals surface area contributed by atoms with Gasteiger partial charge < -0.3 is 19.9 Å². The second-order valence-corrected chi connectivity index (χ2v) is 7.89. The highest BCUT2D eigenvalue weighted by atomic mass is 16.6. The van der Waals surface area contributed by atoms with E-state index in [1.54, 1.807) is 4.90 Å². The molecule has 1 fully saturated rings. The minimum Gasteiger partial charge on any atom is -0.408 e. The van der Waals surface area contributed by atoms with Crippen LogP contribution in [0, 0.1) is 0 Å². The summed E-state index contributed by atoms with van der Waals surface area (Å²) in [6, 6.07) is 12.2. The van der Waals surface area contributed by atoms with Gasteiger partial charge in [-0.1, -0.05) is 51.1 Å². The van der Waals surface area contributed by atoms with Gasteiger partial charge in [0.25, 0.3) is 0 Å². The first-order valence-electron chi connectivity index (χ1n) is 9.16. The molecule has 0 atom stereocenters. The lowest BCUT2D eigenvalue weighted by atomic mass is 9.86. The largest absolute Gasteiger partial charge is 0.415 e. The molecule has 1 saturated heterocycles. The van der Waals surface area contributed by atoms with Crippen molar-refractivity contribution in [2.75, 3.05) is 26.2 Å². The van der Waals surface area contributed by atoms with Crippen molar-refractivity contribution in [3.63, 3.8) is 0 Å². The number of hydrogen-bond donors (Lipinski definition) is 2. The molecule has 0 radical (unpaired) electrons. The van der Waals surface area contributed by atoms with E-state index in [2.05, 4.69) is 55.3 Å². The van der Waals surface area contributed by atoms with Gasteiger partial charge in [-0.15, -0.1) is 0 Å². The number of aromatic amines is 1. The van der Waals surface area contributed by atoms with Crippen molar-refractivity contribution in [1.29, 1.82) is 0 Å². The van der Waals surface area contributed by atoms with Crippen LogP contribution in [0.2, 0.25) is 0 Å². The van der Waals surface area contributed by atoms with E-state index in [0.717, 1.165) is 34.9 Å². The molecule has 1 amide bonds. The Bertz CT molecular complexity index is 962. The molecule has 0 aliphatic carbocycles. The summed E-state index contributed by atoms with van der Waals surface area (Å²) < 4.78 is 5.75. The Labute approximate surface area is 153 Å². The molecule has 0 spiro atoms. The van der Waals surface area contributed by atoms with Crippen LogP contribution in [0.1, 0.15) is 26.3 Å². The second-order valence-electron chi connectivity index (χ2n) is 7.89. The summed E-state index contributed by atoms with van der Waals surface area (Å²) in [4.78, 5) is 17.8. The molecule has 5 heteroatoms. The molecule has 2 aromatic carbocycles. The highest BCUT2D eigenvalue weighted by Gasteiger charge is 2.22. The molecular formula is C21H25N3O2. The maximum atomic E-state index is 12.5. The maximum absolute atomic E-state index is 12.5. The average molecular weight is 351 g/mol. The van der Waals surface area contributed by atoms with Gasteiger partial charge in [0.05, 0.1) is 11.0 Å². The number of rotatable bonds is 1. The van der Waals surface area contributed by atoms with Gasteiger partial charge in [0.1, 0.15) is 0 Å². The van der Waals surface area contributed by atoms with E-state index < -0.39 is 0 Å². The molecule has 1 aromatic heterocycles. The van der Waals surface area contributed by atoms with Crippen LogP contribution in [-0.2, 0) is 5.41 Å². The third-order valence-corrected chi connectivity index (χ3v) is 5.01. The molecular weight excluding hydrogens is 326 g/mol. The first kappa shape index (κ1) is 16.9. The second kappa shape index (κ2) is 6.32. The summed E-state index contributed by atoms with van der Waals surface area (Å²) in [5.74, 6) is 0.585. The predicted octanol–water partition coefficient (Wildman–Crippen LogP) is 4.02. The number of para-hydroxylation sites is 2. The van der Waals surface area contributed by atoms with Crippen LogP contribution in [0.15, 0.2) is 36.4 Å². The van der Waals surface area contributed by atoms with Gasteiger partial charge in [0, 0.05) is 37.0 Å². The lowest BCUT2D eigenvalue weighted by Crippen LogP contribution is -2.47. The molecule has 4 rings (SSSR count). The number of piperazine rings is 1. The fourth-order valence-corrected chi connectivity index (χ4v) is 3.64. The summed E-state index contributed by atoms with van der Waals surface area (Å²) in [6.07, 6.45) is -0.284. The van der Waals surface area contributed by atoms with Crippen molar-refractivity contribution in [2.45, 2.75) is 26.2 Å². The summed E-state index contributed by atoms with van der Waals surface area (Å²) >= 11 is 0. The topological polar surface area (TPSA) is 57.4 Å². The van der Waals surface area contributed by atoms with Crippen molar-refractivity contribution in [1.82, 2.24) is 15.2 Å². The highest BCUT2D eigenvalue weighted by molar-refractivity contribution is 6.10. The number of nitrogens with zero attached hydrogens (tertiary/aromatic N) is 1. The molecule has 0 unspecified atom stereocenters.